The maximum absolute atomic E-state index is 13.6. The zero-order valence-electron chi connectivity index (χ0n) is 14.7. The molecule has 1 aromatic rings. The molecule has 5 nitrogen and oxygen atoms in total. The third kappa shape index (κ3) is 3.62. The highest BCUT2D eigenvalue weighted by molar-refractivity contribution is 7.81. The molecular formula is C18H25FN4OS. The maximum atomic E-state index is 13.6. The minimum absolute atomic E-state index is 0.0956. The quantitative estimate of drug-likeness (QED) is 0.811. The Balaban J connectivity index is 1.97. The zero-order valence-corrected chi connectivity index (χ0v) is 15.5. The molecule has 0 aromatic heterocycles. The highest BCUT2D eigenvalue weighted by Crippen LogP contribution is 2.32. The van der Waals surface area contributed by atoms with E-state index >= 15 is 0 Å². The highest BCUT2D eigenvalue weighted by atomic mass is 32.1. The fourth-order valence-electron chi connectivity index (χ4n) is 3.59. The largest absolute Gasteiger partial charge is 0.356 e. The lowest BCUT2D eigenvalue weighted by molar-refractivity contribution is 0.125. The van der Waals surface area contributed by atoms with Crippen molar-refractivity contribution >= 4 is 18.7 Å². The average Bonchev–Trinajstić information content (AvgIpc) is 2.58. The van der Waals surface area contributed by atoms with Gasteiger partial charge in [0.05, 0.1) is 6.54 Å². The van der Waals surface area contributed by atoms with Crippen molar-refractivity contribution in [3.05, 3.63) is 47.0 Å². The number of nitrogens with zero attached hydrogens (tertiary/aromatic N) is 3. The summed E-state index contributed by atoms with van der Waals surface area (Å²) in [6, 6.07) is 6.33. The van der Waals surface area contributed by atoms with Crippen LogP contribution in [0.15, 0.2) is 35.7 Å². The first kappa shape index (κ1) is 18.1. The molecular weight excluding hydrogens is 339 g/mol. The van der Waals surface area contributed by atoms with Crippen molar-refractivity contribution in [1.82, 2.24) is 14.7 Å². The average molecular weight is 364 g/mol. The van der Waals surface area contributed by atoms with E-state index in [0.717, 1.165) is 36.3 Å². The summed E-state index contributed by atoms with van der Waals surface area (Å²) in [7, 11) is 1.74. The number of carbonyl (C=O) groups excluding carboxylic acids is 1. The molecule has 2 heterocycles. The van der Waals surface area contributed by atoms with Crippen LogP contribution in [0.1, 0.15) is 25.3 Å². The van der Waals surface area contributed by atoms with Gasteiger partial charge < -0.3 is 15.5 Å². The lowest BCUT2D eigenvalue weighted by atomic mass is 10.0. The van der Waals surface area contributed by atoms with Gasteiger partial charge >= 0.3 is 6.03 Å². The summed E-state index contributed by atoms with van der Waals surface area (Å²) in [5.41, 5.74) is 7.91. The van der Waals surface area contributed by atoms with Gasteiger partial charge in [0.15, 0.2) is 0 Å². The molecule has 0 saturated carbocycles. The van der Waals surface area contributed by atoms with Gasteiger partial charge in [-0.25, -0.2) is 9.18 Å². The number of rotatable bonds is 3. The molecule has 0 unspecified atom stereocenters. The Kier molecular flexibility index (Phi) is 5.24. The van der Waals surface area contributed by atoms with E-state index in [2.05, 4.69) is 17.5 Å². The van der Waals surface area contributed by atoms with Crippen molar-refractivity contribution in [2.24, 2.45) is 5.73 Å². The molecule has 3 rings (SSSR count). The van der Waals surface area contributed by atoms with Crippen LogP contribution in [0.5, 0.6) is 0 Å². The van der Waals surface area contributed by atoms with Crippen molar-refractivity contribution in [1.29, 1.82) is 0 Å². The van der Waals surface area contributed by atoms with Crippen LogP contribution in [0.4, 0.5) is 9.18 Å². The number of amides is 2. The molecule has 7 heteroatoms. The van der Waals surface area contributed by atoms with E-state index < -0.39 is 0 Å². The van der Waals surface area contributed by atoms with Crippen LogP contribution >= 0.6 is 12.6 Å². The van der Waals surface area contributed by atoms with Crippen molar-refractivity contribution in [2.75, 3.05) is 20.1 Å². The van der Waals surface area contributed by atoms with Gasteiger partial charge in [0, 0.05) is 31.8 Å². The fourth-order valence-corrected chi connectivity index (χ4v) is 3.80. The molecule has 0 spiro atoms. The fraction of sp³-hybridized carbons (Fsp3) is 0.500. The molecule has 136 valence electrons. The monoisotopic (exact) mass is 364 g/mol. The number of carbonyl (C=O) groups is 1. The van der Waals surface area contributed by atoms with Gasteiger partial charge in [-0.15, -0.1) is 12.6 Å². The van der Waals surface area contributed by atoms with Gasteiger partial charge in [0.25, 0.3) is 0 Å². The number of nitrogens with two attached hydrogens (primary N) is 1. The van der Waals surface area contributed by atoms with Gasteiger partial charge in [0.2, 0.25) is 0 Å². The van der Waals surface area contributed by atoms with E-state index in [0.29, 0.717) is 13.1 Å². The first-order valence-corrected chi connectivity index (χ1v) is 9.08. The normalized spacial score (nSPS) is 25.0. The van der Waals surface area contributed by atoms with Crippen molar-refractivity contribution in [3.8, 4) is 0 Å². The number of thiol groups is 1. The molecule has 2 aliphatic rings. The number of benzene rings is 1. The summed E-state index contributed by atoms with van der Waals surface area (Å²) in [5.74, 6) is 0.562. The molecule has 0 bridgehead atoms. The summed E-state index contributed by atoms with van der Waals surface area (Å²) in [6.45, 7) is 3.88. The highest BCUT2D eigenvalue weighted by Gasteiger charge is 2.37. The second kappa shape index (κ2) is 7.25. The number of urea groups is 1. The molecule has 2 aliphatic heterocycles. The number of likely N-dealkylation sites (N-methyl/N-ethyl adjacent to an activating group) is 1. The van der Waals surface area contributed by atoms with Gasteiger partial charge in [-0.2, -0.15) is 0 Å². The Bertz CT molecular complexity index is 695. The number of halogens is 1. The standard InChI is InChI=1S/C18H25FN4OS/c1-12-16(22-8-4-7-15(20)11-22)23(18(24)21(2)17(12)25)10-13-5-3-6-14(19)9-13/h3,5-6,9,15,17,25H,4,7-8,10-11,20H2,1-2H3/t15-,17-/m1/s1. The SMILES string of the molecule is CC1=C(N2CCC[C@@H](N)C2)N(Cc2cccc(F)c2)C(=O)N(C)[C@@H]1S. The Morgan fingerprint density at radius 2 is 2.16 bits per heavy atom. The van der Waals surface area contributed by atoms with E-state index in [1.807, 2.05) is 13.0 Å². The van der Waals surface area contributed by atoms with Crippen LogP contribution in [0.25, 0.3) is 0 Å². The van der Waals surface area contributed by atoms with Crippen LogP contribution in [-0.2, 0) is 6.54 Å². The molecule has 1 aromatic carbocycles. The summed E-state index contributed by atoms with van der Waals surface area (Å²) in [6.07, 6.45) is 1.98. The van der Waals surface area contributed by atoms with Crippen LogP contribution in [-0.4, -0.2) is 52.3 Å². The molecule has 1 saturated heterocycles. The van der Waals surface area contributed by atoms with Crippen molar-refractivity contribution in [2.45, 2.75) is 37.7 Å². The van der Waals surface area contributed by atoms with E-state index in [4.69, 9.17) is 5.73 Å². The van der Waals surface area contributed by atoms with Crippen molar-refractivity contribution < 1.29 is 9.18 Å². The third-order valence-corrected chi connectivity index (χ3v) is 5.62. The Hall–Kier alpha value is -1.73. The number of hydrogen-bond acceptors (Lipinski definition) is 4. The van der Waals surface area contributed by atoms with E-state index in [-0.39, 0.29) is 23.3 Å². The minimum Gasteiger partial charge on any atom is -0.356 e. The lowest BCUT2D eigenvalue weighted by Gasteiger charge is -2.46. The molecule has 2 atom stereocenters. The Morgan fingerprint density at radius 1 is 1.40 bits per heavy atom. The van der Waals surface area contributed by atoms with E-state index in [1.165, 1.54) is 12.1 Å². The number of piperidine rings is 1. The van der Waals surface area contributed by atoms with Crippen LogP contribution in [0.2, 0.25) is 0 Å². The van der Waals surface area contributed by atoms with Crippen LogP contribution in [0, 0.1) is 5.82 Å². The topological polar surface area (TPSA) is 52.8 Å². The predicted octanol–water partition coefficient (Wildman–Crippen LogP) is 2.60. The molecule has 25 heavy (non-hydrogen) atoms. The zero-order chi connectivity index (χ0) is 18.1. The van der Waals surface area contributed by atoms with Gasteiger partial charge in [-0.1, -0.05) is 12.1 Å². The van der Waals surface area contributed by atoms with Gasteiger partial charge in [-0.3, -0.25) is 4.90 Å². The van der Waals surface area contributed by atoms with Crippen molar-refractivity contribution in [3.63, 3.8) is 0 Å². The van der Waals surface area contributed by atoms with Gasteiger partial charge in [0.1, 0.15) is 17.0 Å². The van der Waals surface area contributed by atoms with Crippen LogP contribution in [0.3, 0.4) is 0 Å². The summed E-state index contributed by atoms with van der Waals surface area (Å²) in [4.78, 5) is 18.4. The smallest absolute Gasteiger partial charge is 0.326 e. The van der Waals surface area contributed by atoms with E-state index in [1.54, 1.807) is 22.9 Å². The summed E-state index contributed by atoms with van der Waals surface area (Å²) >= 11 is 4.60. The predicted molar refractivity (Wildman–Crippen MR) is 99.4 cm³/mol. The minimum atomic E-state index is -0.301. The molecule has 0 radical (unpaired) electrons. The maximum Gasteiger partial charge on any atom is 0.326 e. The van der Waals surface area contributed by atoms with Crippen LogP contribution < -0.4 is 5.73 Å². The van der Waals surface area contributed by atoms with Gasteiger partial charge in [-0.05, 0) is 37.5 Å². The van der Waals surface area contributed by atoms with E-state index in [9.17, 15) is 9.18 Å². The first-order chi connectivity index (χ1) is 11.9. The lowest BCUT2D eigenvalue weighted by Crippen LogP contribution is -2.55. The molecule has 0 aliphatic carbocycles. The molecule has 2 N–H and O–H groups in total. The summed E-state index contributed by atoms with van der Waals surface area (Å²) < 4.78 is 13.6. The molecule has 2 amide bonds. The number of hydrogen-bond donors (Lipinski definition) is 2. The third-order valence-electron chi connectivity index (χ3n) is 4.88. The second-order valence-corrected chi connectivity index (χ2v) is 7.33. The molecule has 1 fully saturated rings. The second-order valence-electron chi connectivity index (χ2n) is 6.84. The summed E-state index contributed by atoms with van der Waals surface area (Å²) in [5, 5.41) is -0.274. The number of likely N-dealkylation sites (tertiary alicyclic amines) is 1. The first-order valence-electron chi connectivity index (χ1n) is 8.56. The Labute approximate surface area is 153 Å². The Morgan fingerprint density at radius 3 is 2.84 bits per heavy atom.